The monoisotopic (exact) mass is 200 g/mol. The summed E-state index contributed by atoms with van der Waals surface area (Å²) >= 11 is 4.88. The van der Waals surface area contributed by atoms with Gasteiger partial charge in [-0.3, -0.25) is 5.84 Å². The molecule has 1 atom stereocenters. The number of hydrogen-bond donors (Lipinski definition) is 2. The van der Waals surface area contributed by atoms with Crippen molar-refractivity contribution in [2.75, 3.05) is 0 Å². The van der Waals surface area contributed by atoms with Crippen LogP contribution in [0.3, 0.4) is 0 Å². The third-order valence-corrected chi connectivity index (χ3v) is 2.29. The Morgan fingerprint density at radius 2 is 1.83 bits per heavy atom. The topological polar surface area (TPSA) is 38.0 Å². The van der Waals surface area contributed by atoms with E-state index in [1.807, 2.05) is 13.8 Å². The van der Waals surface area contributed by atoms with Gasteiger partial charge in [0, 0.05) is 0 Å². The first-order valence-electron chi connectivity index (χ1n) is 4.00. The maximum Gasteiger partial charge on any atom is 0.338 e. The van der Waals surface area contributed by atoms with E-state index in [1.54, 1.807) is 0 Å². The highest BCUT2D eigenvalue weighted by molar-refractivity contribution is 6.22. The van der Waals surface area contributed by atoms with E-state index in [9.17, 15) is 8.78 Å². The minimum atomic E-state index is -3.27. The molecule has 0 bridgehead atoms. The van der Waals surface area contributed by atoms with Crippen molar-refractivity contribution < 1.29 is 8.78 Å². The molecule has 0 aromatic heterocycles. The lowest BCUT2D eigenvalue weighted by Crippen LogP contribution is -2.50. The molecule has 0 heterocycles. The lowest BCUT2D eigenvalue weighted by Gasteiger charge is -2.27. The summed E-state index contributed by atoms with van der Waals surface area (Å²) in [5.74, 6) is 4.80. The predicted molar refractivity (Wildman–Crippen MR) is 46.0 cm³/mol. The zero-order valence-corrected chi connectivity index (χ0v) is 8.04. The summed E-state index contributed by atoms with van der Waals surface area (Å²) in [6.07, 6.45) is 1.27. The SMILES string of the molecule is CCC(CC)C(NN)C(F)(F)Cl. The van der Waals surface area contributed by atoms with Crippen molar-refractivity contribution in [2.24, 2.45) is 11.8 Å². The van der Waals surface area contributed by atoms with Gasteiger partial charge >= 0.3 is 5.38 Å². The van der Waals surface area contributed by atoms with Crippen molar-refractivity contribution in [1.82, 2.24) is 5.43 Å². The van der Waals surface area contributed by atoms with Gasteiger partial charge in [-0.2, -0.15) is 8.78 Å². The first-order chi connectivity index (χ1) is 5.47. The Balaban J connectivity index is 4.31. The highest BCUT2D eigenvalue weighted by Gasteiger charge is 2.40. The van der Waals surface area contributed by atoms with Crippen molar-refractivity contribution in [3.63, 3.8) is 0 Å². The Bertz CT molecular complexity index is 123. The molecule has 0 saturated carbocycles. The number of hydrogen-bond acceptors (Lipinski definition) is 2. The summed E-state index contributed by atoms with van der Waals surface area (Å²) in [4.78, 5) is 0. The number of rotatable bonds is 5. The van der Waals surface area contributed by atoms with Gasteiger partial charge < -0.3 is 0 Å². The van der Waals surface area contributed by atoms with Gasteiger partial charge in [-0.05, 0) is 17.5 Å². The van der Waals surface area contributed by atoms with Gasteiger partial charge in [0.2, 0.25) is 0 Å². The van der Waals surface area contributed by atoms with Crippen molar-refractivity contribution in [3.8, 4) is 0 Å². The molecule has 5 heteroatoms. The average molecular weight is 201 g/mol. The van der Waals surface area contributed by atoms with Crippen LogP contribution in [0.5, 0.6) is 0 Å². The Labute approximate surface area is 76.4 Å². The van der Waals surface area contributed by atoms with E-state index >= 15 is 0 Å². The van der Waals surface area contributed by atoms with E-state index in [4.69, 9.17) is 17.4 Å². The molecule has 0 aliphatic carbocycles. The normalized spacial score (nSPS) is 15.2. The second kappa shape index (κ2) is 4.94. The van der Waals surface area contributed by atoms with Crippen molar-refractivity contribution in [3.05, 3.63) is 0 Å². The molecule has 0 aliphatic rings. The molecule has 0 spiro atoms. The summed E-state index contributed by atoms with van der Waals surface area (Å²) in [6.45, 7) is 3.67. The van der Waals surface area contributed by atoms with Crippen LogP contribution < -0.4 is 11.3 Å². The Kier molecular flexibility index (Phi) is 4.97. The minimum absolute atomic E-state index is 0.192. The molecule has 12 heavy (non-hydrogen) atoms. The number of alkyl halides is 3. The molecule has 74 valence electrons. The second-order valence-electron chi connectivity index (χ2n) is 2.76. The molecule has 0 aliphatic heterocycles. The molecule has 0 saturated heterocycles. The van der Waals surface area contributed by atoms with Crippen LogP contribution >= 0.6 is 11.6 Å². The maximum absolute atomic E-state index is 12.6. The molecular formula is C7H15ClF2N2. The third kappa shape index (κ3) is 3.21. The van der Waals surface area contributed by atoms with Crippen LogP contribution in [0.15, 0.2) is 0 Å². The molecular weight excluding hydrogens is 186 g/mol. The van der Waals surface area contributed by atoms with Gasteiger partial charge in [0.1, 0.15) is 6.04 Å². The van der Waals surface area contributed by atoms with E-state index in [0.717, 1.165) is 0 Å². The van der Waals surface area contributed by atoms with Crippen LogP contribution in [0.25, 0.3) is 0 Å². The van der Waals surface area contributed by atoms with Gasteiger partial charge in [-0.25, -0.2) is 5.43 Å². The largest absolute Gasteiger partial charge is 0.338 e. The van der Waals surface area contributed by atoms with Gasteiger partial charge in [0.15, 0.2) is 0 Å². The van der Waals surface area contributed by atoms with Crippen molar-refractivity contribution in [2.45, 2.75) is 38.1 Å². The first kappa shape index (κ1) is 12.1. The zero-order valence-electron chi connectivity index (χ0n) is 7.28. The van der Waals surface area contributed by atoms with E-state index < -0.39 is 11.4 Å². The summed E-state index contributed by atoms with van der Waals surface area (Å²) in [5, 5.41) is -3.27. The standard InChI is InChI=1S/C7H15ClF2N2/c1-3-5(4-2)6(12-11)7(8,9)10/h5-6,12H,3-4,11H2,1-2H3. The molecule has 0 aromatic rings. The molecule has 0 radical (unpaired) electrons. The van der Waals surface area contributed by atoms with Crippen molar-refractivity contribution >= 4 is 11.6 Å². The Morgan fingerprint density at radius 1 is 1.42 bits per heavy atom. The van der Waals surface area contributed by atoms with Crippen LogP contribution in [0.4, 0.5) is 8.78 Å². The van der Waals surface area contributed by atoms with Crippen LogP contribution in [0, 0.1) is 5.92 Å². The van der Waals surface area contributed by atoms with Gasteiger partial charge in [-0.1, -0.05) is 26.7 Å². The van der Waals surface area contributed by atoms with Crippen LogP contribution in [-0.4, -0.2) is 11.4 Å². The molecule has 3 N–H and O–H groups in total. The molecule has 0 fully saturated rings. The maximum atomic E-state index is 12.6. The number of halogens is 3. The number of nitrogens with one attached hydrogen (secondary N) is 1. The fourth-order valence-corrected chi connectivity index (χ4v) is 1.50. The lowest BCUT2D eigenvalue weighted by atomic mass is 9.95. The highest BCUT2D eigenvalue weighted by atomic mass is 35.5. The van der Waals surface area contributed by atoms with Crippen LogP contribution in [0.2, 0.25) is 0 Å². The van der Waals surface area contributed by atoms with Crippen molar-refractivity contribution in [1.29, 1.82) is 0 Å². The summed E-state index contributed by atoms with van der Waals surface area (Å²) in [6, 6.07) is -1.14. The van der Waals surface area contributed by atoms with Crippen LogP contribution in [-0.2, 0) is 0 Å². The number of nitrogens with two attached hydrogens (primary N) is 1. The molecule has 2 nitrogen and oxygen atoms in total. The molecule has 1 unspecified atom stereocenters. The Morgan fingerprint density at radius 3 is 1.92 bits per heavy atom. The lowest BCUT2D eigenvalue weighted by molar-refractivity contribution is 0.0227. The third-order valence-electron chi connectivity index (χ3n) is 2.05. The quantitative estimate of drug-likeness (QED) is 0.405. The van der Waals surface area contributed by atoms with Gasteiger partial charge in [-0.15, -0.1) is 0 Å². The minimum Gasteiger partial charge on any atom is -0.271 e. The predicted octanol–water partition coefficient (Wildman–Crippen LogP) is 2.09. The van der Waals surface area contributed by atoms with E-state index in [1.165, 1.54) is 0 Å². The molecule has 0 rings (SSSR count). The van der Waals surface area contributed by atoms with Gasteiger partial charge in [0.25, 0.3) is 0 Å². The van der Waals surface area contributed by atoms with Gasteiger partial charge in [0.05, 0.1) is 0 Å². The zero-order chi connectivity index (χ0) is 9.78. The smallest absolute Gasteiger partial charge is 0.271 e. The highest BCUT2D eigenvalue weighted by Crippen LogP contribution is 2.30. The fourth-order valence-electron chi connectivity index (χ4n) is 1.26. The van der Waals surface area contributed by atoms with E-state index in [0.29, 0.717) is 12.8 Å². The summed E-state index contributed by atoms with van der Waals surface area (Å²) < 4.78 is 25.3. The number of hydrazine groups is 1. The Hall–Kier alpha value is 0.0700. The summed E-state index contributed by atoms with van der Waals surface area (Å²) in [5.41, 5.74) is 2.06. The van der Waals surface area contributed by atoms with E-state index in [-0.39, 0.29) is 5.92 Å². The molecule has 0 aromatic carbocycles. The summed E-state index contributed by atoms with van der Waals surface area (Å²) in [7, 11) is 0. The fraction of sp³-hybridized carbons (Fsp3) is 1.00. The second-order valence-corrected chi connectivity index (χ2v) is 3.27. The first-order valence-corrected chi connectivity index (χ1v) is 4.37. The van der Waals surface area contributed by atoms with Crippen LogP contribution in [0.1, 0.15) is 26.7 Å². The average Bonchev–Trinajstić information content (AvgIpc) is 1.97. The van der Waals surface area contributed by atoms with E-state index in [2.05, 4.69) is 5.43 Å². The molecule has 0 amide bonds.